The number of ether oxygens (including phenoxy) is 1. The first-order valence-corrected chi connectivity index (χ1v) is 9.59. The average Bonchev–Trinajstić information content (AvgIpc) is 3.20. The number of pyridine rings is 1. The van der Waals surface area contributed by atoms with Gasteiger partial charge in [0.25, 0.3) is 5.91 Å². The lowest BCUT2D eigenvalue weighted by Crippen LogP contribution is -2.29. The molecule has 0 fully saturated rings. The van der Waals surface area contributed by atoms with Crippen LogP contribution in [0.3, 0.4) is 0 Å². The maximum atomic E-state index is 13.0. The van der Waals surface area contributed by atoms with Gasteiger partial charge in [-0.25, -0.2) is 4.98 Å². The van der Waals surface area contributed by atoms with Crippen molar-refractivity contribution in [3.05, 3.63) is 102 Å². The summed E-state index contributed by atoms with van der Waals surface area (Å²) in [6.45, 7) is 2.37. The fourth-order valence-corrected chi connectivity index (χ4v) is 3.27. The highest BCUT2D eigenvalue weighted by atomic mass is 16.5. The minimum atomic E-state index is -0.0421. The van der Waals surface area contributed by atoms with E-state index in [0.29, 0.717) is 17.9 Å². The maximum Gasteiger partial charge on any atom is 0.254 e. The molecule has 0 spiro atoms. The van der Waals surface area contributed by atoms with Crippen molar-refractivity contribution >= 4 is 11.6 Å². The second-order valence-electron chi connectivity index (χ2n) is 7.02. The molecule has 2 aromatic heterocycles. The van der Waals surface area contributed by atoms with Crippen molar-refractivity contribution in [2.75, 3.05) is 7.05 Å². The van der Waals surface area contributed by atoms with E-state index >= 15 is 0 Å². The molecule has 1 unspecified atom stereocenters. The minimum Gasteiger partial charge on any atom is -0.487 e. The van der Waals surface area contributed by atoms with Crippen LogP contribution in [0.2, 0.25) is 0 Å². The fraction of sp³-hybridized carbons (Fsp3) is 0.167. The molecule has 4 aromatic rings. The first-order valence-electron chi connectivity index (χ1n) is 9.59. The van der Waals surface area contributed by atoms with Crippen LogP contribution in [0.1, 0.15) is 34.6 Å². The van der Waals surface area contributed by atoms with Crippen LogP contribution in [0.5, 0.6) is 5.75 Å². The third-order valence-electron chi connectivity index (χ3n) is 5.06. The van der Waals surface area contributed by atoms with Crippen molar-refractivity contribution in [1.82, 2.24) is 14.3 Å². The van der Waals surface area contributed by atoms with E-state index in [2.05, 4.69) is 4.98 Å². The van der Waals surface area contributed by atoms with E-state index in [1.54, 1.807) is 11.0 Å². The molecule has 0 aliphatic heterocycles. The molecule has 0 bridgehead atoms. The molecule has 1 amide bonds. The average molecular weight is 385 g/mol. The molecule has 5 nitrogen and oxygen atoms in total. The molecule has 0 N–H and O–H groups in total. The summed E-state index contributed by atoms with van der Waals surface area (Å²) < 4.78 is 7.85. The highest BCUT2D eigenvalue weighted by Crippen LogP contribution is 2.22. The largest absolute Gasteiger partial charge is 0.487 e. The van der Waals surface area contributed by atoms with Crippen molar-refractivity contribution in [3.63, 3.8) is 0 Å². The first kappa shape index (κ1) is 18.7. The Morgan fingerprint density at radius 3 is 2.66 bits per heavy atom. The molecule has 146 valence electrons. The zero-order chi connectivity index (χ0) is 20.2. The van der Waals surface area contributed by atoms with Crippen LogP contribution >= 0.6 is 0 Å². The van der Waals surface area contributed by atoms with Gasteiger partial charge in [0.2, 0.25) is 0 Å². The van der Waals surface area contributed by atoms with Gasteiger partial charge >= 0.3 is 0 Å². The van der Waals surface area contributed by atoms with E-state index in [0.717, 1.165) is 16.9 Å². The van der Waals surface area contributed by atoms with Gasteiger partial charge in [-0.15, -0.1) is 0 Å². The molecule has 0 saturated heterocycles. The van der Waals surface area contributed by atoms with Crippen molar-refractivity contribution in [2.24, 2.45) is 0 Å². The van der Waals surface area contributed by atoms with Gasteiger partial charge in [0, 0.05) is 25.0 Å². The zero-order valence-electron chi connectivity index (χ0n) is 16.5. The Morgan fingerprint density at radius 1 is 1.07 bits per heavy atom. The lowest BCUT2D eigenvalue weighted by atomic mass is 10.1. The van der Waals surface area contributed by atoms with Gasteiger partial charge in [0.1, 0.15) is 18.0 Å². The van der Waals surface area contributed by atoms with Gasteiger partial charge in [-0.05, 0) is 42.8 Å². The summed E-state index contributed by atoms with van der Waals surface area (Å²) >= 11 is 0. The van der Waals surface area contributed by atoms with Crippen LogP contribution in [0.4, 0.5) is 0 Å². The molecular formula is C24H23N3O2. The Morgan fingerprint density at radius 2 is 1.86 bits per heavy atom. The Labute approximate surface area is 170 Å². The number of rotatable bonds is 6. The van der Waals surface area contributed by atoms with E-state index < -0.39 is 0 Å². The molecule has 0 radical (unpaired) electrons. The number of hydrogen-bond donors (Lipinski definition) is 0. The van der Waals surface area contributed by atoms with E-state index in [1.165, 1.54) is 0 Å². The van der Waals surface area contributed by atoms with Gasteiger partial charge in [0.15, 0.2) is 0 Å². The van der Waals surface area contributed by atoms with Crippen LogP contribution in [-0.4, -0.2) is 27.2 Å². The van der Waals surface area contributed by atoms with E-state index in [-0.39, 0.29) is 11.9 Å². The quantitative estimate of drug-likeness (QED) is 0.481. The number of aromatic nitrogens is 2. The zero-order valence-corrected chi connectivity index (χ0v) is 16.5. The Kier molecular flexibility index (Phi) is 5.29. The van der Waals surface area contributed by atoms with E-state index in [4.69, 9.17) is 4.74 Å². The molecule has 2 heterocycles. The standard InChI is InChI=1S/C24H23N3O2/c1-18(19-9-4-3-5-10-19)26(2)24(28)20-11-8-12-22(15-20)29-17-21-16-27-14-7-6-13-23(27)25-21/h3-16,18H,17H2,1-2H3. The predicted molar refractivity (Wildman–Crippen MR) is 113 cm³/mol. The normalized spacial score (nSPS) is 11.9. The van der Waals surface area contributed by atoms with Crippen LogP contribution in [-0.2, 0) is 6.61 Å². The van der Waals surface area contributed by atoms with Gasteiger partial charge < -0.3 is 14.0 Å². The summed E-state index contributed by atoms with van der Waals surface area (Å²) in [4.78, 5) is 19.2. The molecule has 4 rings (SSSR count). The summed E-state index contributed by atoms with van der Waals surface area (Å²) in [5.41, 5.74) is 3.42. The van der Waals surface area contributed by atoms with E-state index in [9.17, 15) is 4.79 Å². The number of fused-ring (bicyclic) bond motifs is 1. The number of imidazole rings is 1. The smallest absolute Gasteiger partial charge is 0.254 e. The highest BCUT2D eigenvalue weighted by molar-refractivity contribution is 5.94. The number of benzene rings is 2. The van der Waals surface area contributed by atoms with Gasteiger partial charge in [0.05, 0.1) is 11.7 Å². The number of nitrogens with zero attached hydrogens (tertiary/aromatic N) is 3. The summed E-state index contributed by atoms with van der Waals surface area (Å²) in [6.07, 6.45) is 3.90. The molecule has 2 aromatic carbocycles. The third kappa shape index (κ3) is 4.14. The SMILES string of the molecule is CC(c1ccccc1)N(C)C(=O)c1cccc(OCc2cn3ccccc3n2)c1. The van der Waals surface area contributed by atoms with Gasteiger partial charge in [-0.3, -0.25) is 4.79 Å². The highest BCUT2D eigenvalue weighted by Gasteiger charge is 2.19. The fourth-order valence-electron chi connectivity index (χ4n) is 3.27. The lowest BCUT2D eigenvalue weighted by molar-refractivity contribution is 0.0742. The van der Waals surface area contributed by atoms with Gasteiger partial charge in [-0.1, -0.05) is 42.5 Å². The predicted octanol–water partition coefficient (Wildman–Crippen LogP) is 4.75. The number of carbonyl (C=O) groups excluding carboxylic acids is 1. The monoisotopic (exact) mass is 385 g/mol. The lowest BCUT2D eigenvalue weighted by Gasteiger charge is -2.25. The Bertz CT molecular complexity index is 1090. The van der Waals surface area contributed by atoms with Crippen LogP contribution in [0.15, 0.2) is 85.2 Å². The number of hydrogen-bond acceptors (Lipinski definition) is 3. The molecule has 1 atom stereocenters. The van der Waals surface area contributed by atoms with E-state index in [1.807, 2.05) is 97.5 Å². The molecule has 0 saturated carbocycles. The van der Waals surface area contributed by atoms with Crippen molar-refractivity contribution in [1.29, 1.82) is 0 Å². The topological polar surface area (TPSA) is 46.8 Å². The minimum absolute atomic E-state index is 0.0220. The second-order valence-corrected chi connectivity index (χ2v) is 7.02. The first-order chi connectivity index (χ1) is 14.1. The molecular weight excluding hydrogens is 362 g/mol. The molecule has 0 aliphatic rings. The van der Waals surface area contributed by atoms with Crippen LogP contribution < -0.4 is 4.74 Å². The second kappa shape index (κ2) is 8.19. The summed E-state index contributed by atoms with van der Waals surface area (Å²) in [5.74, 6) is 0.605. The summed E-state index contributed by atoms with van der Waals surface area (Å²) in [6, 6.07) is 23.1. The van der Waals surface area contributed by atoms with Crippen molar-refractivity contribution < 1.29 is 9.53 Å². The van der Waals surface area contributed by atoms with Crippen molar-refractivity contribution in [2.45, 2.75) is 19.6 Å². The Hall–Kier alpha value is -3.60. The van der Waals surface area contributed by atoms with Crippen LogP contribution in [0.25, 0.3) is 5.65 Å². The molecule has 29 heavy (non-hydrogen) atoms. The van der Waals surface area contributed by atoms with Crippen LogP contribution in [0, 0.1) is 0 Å². The molecule has 5 heteroatoms. The molecule has 0 aliphatic carbocycles. The maximum absolute atomic E-state index is 13.0. The summed E-state index contributed by atoms with van der Waals surface area (Å²) in [7, 11) is 1.82. The van der Waals surface area contributed by atoms with Crippen molar-refractivity contribution in [3.8, 4) is 5.75 Å². The number of amides is 1. The third-order valence-corrected chi connectivity index (χ3v) is 5.06. The summed E-state index contributed by atoms with van der Waals surface area (Å²) in [5, 5.41) is 0. The van der Waals surface area contributed by atoms with Gasteiger partial charge in [-0.2, -0.15) is 0 Å². The number of carbonyl (C=O) groups is 1. The Balaban J connectivity index is 1.45.